The highest BCUT2D eigenvalue weighted by atomic mass is 35.5. The predicted molar refractivity (Wildman–Crippen MR) is 108 cm³/mol. The summed E-state index contributed by atoms with van der Waals surface area (Å²) in [5.41, 5.74) is -3.15. The molecular formula is C21H16ClF4N3O3. The van der Waals surface area contributed by atoms with Crippen molar-refractivity contribution in [2.75, 3.05) is 11.4 Å². The number of hydrogen-bond donors (Lipinski definition) is 2. The zero-order valence-electron chi connectivity index (χ0n) is 16.6. The fourth-order valence-corrected chi connectivity index (χ4v) is 4.07. The number of rotatable bonds is 4. The van der Waals surface area contributed by atoms with Gasteiger partial charge in [-0.05, 0) is 42.8 Å². The second-order valence-electron chi connectivity index (χ2n) is 7.52. The van der Waals surface area contributed by atoms with Crippen LogP contribution in [0.1, 0.15) is 17.5 Å². The van der Waals surface area contributed by atoms with Gasteiger partial charge in [0.1, 0.15) is 5.82 Å². The zero-order valence-corrected chi connectivity index (χ0v) is 17.3. The number of hydrogen-bond acceptors (Lipinski definition) is 3. The Morgan fingerprint density at radius 2 is 1.97 bits per heavy atom. The summed E-state index contributed by atoms with van der Waals surface area (Å²) in [6, 6.07) is 5.78. The molecule has 2 N–H and O–H groups in total. The Kier molecular flexibility index (Phi) is 5.38. The molecule has 2 aromatic carbocycles. The molecule has 1 saturated heterocycles. The maximum Gasteiger partial charge on any atom is 0.268 e. The Bertz CT molecular complexity index is 1260. The van der Waals surface area contributed by atoms with Crippen molar-refractivity contribution in [3.05, 3.63) is 64.1 Å². The number of amides is 2. The van der Waals surface area contributed by atoms with E-state index in [2.05, 4.69) is 5.32 Å². The van der Waals surface area contributed by atoms with Gasteiger partial charge in [-0.25, -0.2) is 8.78 Å². The molecule has 0 spiro atoms. The monoisotopic (exact) mass is 469 g/mol. The van der Waals surface area contributed by atoms with Crippen molar-refractivity contribution in [1.82, 2.24) is 10.1 Å². The molecule has 168 valence electrons. The maximum absolute atomic E-state index is 15.1. The van der Waals surface area contributed by atoms with Crippen molar-refractivity contribution >= 4 is 40.0 Å². The number of aromatic nitrogens is 1. The lowest BCUT2D eigenvalue weighted by Crippen LogP contribution is -2.52. The first kappa shape index (κ1) is 22.1. The molecule has 2 heterocycles. The molecule has 1 fully saturated rings. The van der Waals surface area contributed by atoms with Crippen molar-refractivity contribution in [3.63, 3.8) is 0 Å². The molecule has 0 radical (unpaired) electrons. The molecule has 4 rings (SSSR count). The molecular weight excluding hydrogens is 454 g/mol. The molecule has 1 aliphatic heterocycles. The standard InChI is InChI=1S/C21H16ClF4N3O3/c1-10-16-14(29(26)18(10)25)2-3-15(17(16)24)28-5-4-21(32,20(28)31)19(30)27-9-11-6-12(22)8-13(23)7-11/h2-3,6-8,32H,4-5,9H2,1H3,(H,27,30). The third kappa shape index (κ3) is 3.39. The molecule has 0 bridgehead atoms. The van der Waals surface area contributed by atoms with E-state index in [0.29, 0.717) is 5.56 Å². The van der Waals surface area contributed by atoms with Crippen LogP contribution in [-0.2, 0) is 16.1 Å². The SMILES string of the molecule is Cc1c(F)n(F)c2ccc(N3CCC(O)(C(=O)NCc4cc(F)cc(Cl)c4)C3=O)c(F)c12. The minimum atomic E-state index is -2.50. The predicted octanol–water partition coefficient (Wildman–Crippen LogP) is 3.54. The van der Waals surface area contributed by atoms with Gasteiger partial charge in [-0.2, -0.15) is 9.18 Å². The number of nitrogens with zero attached hydrogens (tertiary/aromatic N) is 2. The molecule has 0 saturated carbocycles. The Hall–Kier alpha value is -3.11. The largest absolute Gasteiger partial charge is 0.372 e. The third-order valence-electron chi connectivity index (χ3n) is 5.51. The molecule has 3 aromatic rings. The highest BCUT2D eigenvalue weighted by Crippen LogP contribution is 2.36. The topological polar surface area (TPSA) is 74.6 Å². The van der Waals surface area contributed by atoms with Gasteiger partial charge in [-0.15, -0.1) is 0 Å². The van der Waals surface area contributed by atoms with E-state index in [1.165, 1.54) is 13.0 Å². The minimum Gasteiger partial charge on any atom is -0.372 e. The van der Waals surface area contributed by atoms with Gasteiger partial charge in [-0.3, -0.25) is 9.59 Å². The highest BCUT2D eigenvalue weighted by Gasteiger charge is 2.52. The molecule has 1 aliphatic rings. The number of aliphatic hydroxyl groups is 1. The normalized spacial score (nSPS) is 18.6. The average Bonchev–Trinajstić information content (AvgIpc) is 3.16. The Morgan fingerprint density at radius 3 is 2.66 bits per heavy atom. The first-order valence-corrected chi connectivity index (χ1v) is 9.85. The number of halogens is 5. The number of carbonyl (C=O) groups is 2. The van der Waals surface area contributed by atoms with Gasteiger partial charge >= 0.3 is 0 Å². The number of anilines is 1. The lowest BCUT2D eigenvalue weighted by Gasteiger charge is -2.22. The van der Waals surface area contributed by atoms with Crippen LogP contribution in [0.2, 0.25) is 5.02 Å². The second-order valence-corrected chi connectivity index (χ2v) is 7.95. The smallest absolute Gasteiger partial charge is 0.268 e. The van der Waals surface area contributed by atoms with Crippen LogP contribution in [0.15, 0.2) is 30.3 Å². The fraction of sp³-hybridized carbons (Fsp3) is 0.238. The number of carbonyl (C=O) groups excluding carboxylic acids is 2. The summed E-state index contributed by atoms with van der Waals surface area (Å²) >= 11 is 5.76. The molecule has 32 heavy (non-hydrogen) atoms. The minimum absolute atomic E-state index is 0.107. The summed E-state index contributed by atoms with van der Waals surface area (Å²) in [4.78, 5) is 26.0. The Labute approximate surface area is 183 Å². The van der Waals surface area contributed by atoms with Crippen LogP contribution in [0.3, 0.4) is 0 Å². The van der Waals surface area contributed by atoms with Crippen LogP contribution >= 0.6 is 11.6 Å². The van der Waals surface area contributed by atoms with Crippen LogP contribution in [0.5, 0.6) is 0 Å². The third-order valence-corrected chi connectivity index (χ3v) is 5.72. The summed E-state index contributed by atoms with van der Waals surface area (Å²) < 4.78 is 56.2. The van der Waals surface area contributed by atoms with E-state index in [0.717, 1.165) is 29.2 Å². The van der Waals surface area contributed by atoms with Gasteiger partial charge < -0.3 is 15.3 Å². The summed E-state index contributed by atoms with van der Waals surface area (Å²) in [6.45, 7) is 0.762. The Morgan fingerprint density at radius 1 is 1.25 bits per heavy atom. The van der Waals surface area contributed by atoms with Crippen LogP contribution < -0.4 is 10.2 Å². The zero-order chi connectivity index (χ0) is 23.4. The molecule has 0 aliphatic carbocycles. The van der Waals surface area contributed by atoms with Crippen molar-refractivity contribution in [1.29, 1.82) is 0 Å². The van der Waals surface area contributed by atoms with Crippen molar-refractivity contribution in [2.24, 2.45) is 0 Å². The van der Waals surface area contributed by atoms with E-state index >= 15 is 4.39 Å². The summed E-state index contributed by atoms with van der Waals surface area (Å²) in [6.07, 6.45) is -0.351. The lowest BCUT2D eigenvalue weighted by molar-refractivity contribution is -0.149. The van der Waals surface area contributed by atoms with E-state index in [1.54, 1.807) is 0 Å². The number of fused-ring (bicyclic) bond motifs is 1. The summed E-state index contributed by atoms with van der Waals surface area (Å²) in [5, 5.41) is 12.8. The molecule has 1 unspecified atom stereocenters. The molecule has 11 heteroatoms. The van der Waals surface area contributed by atoms with E-state index in [9.17, 15) is 28.0 Å². The van der Waals surface area contributed by atoms with E-state index in [1.807, 2.05) is 0 Å². The van der Waals surface area contributed by atoms with Crippen molar-refractivity contribution in [2.45, 2.75) is 25.5 Å². The number of nitrogens with one attached hydrogen (secondary N) is 1. The maximum atomic E-state index is 15.1. The first-order chi connectivity index (χ1) is 15.0. The van der Waals surface area contributed by atoms with E-state index in [-0.39, 0.29) is 51.5 Å². The summed E-state index contributed by atoms with van der Waals surface area (Å²) in [5.74, 6) is -5.09. The van der Waals surface area contributed by atoms with Crippen LogP contribution in [0.4, 0.5) is 23.3 Å². The molecule has 1 atom stereocenters. The van der Waals surface area contributed by atoms with Gasteiger partial charge in [0.05, 0.1) is 11.2 Å². The number of aryl methyl sites for hydroxylation is 1. The lowest BCUT2D eigenvalue weighted by atomic mass is 10.0. The fourth-order valence-electron chi connectivity index (χ4n) is 3.83. The first-order valence-electron chi connectivity index (χ1n) is 9.47. The Balaban J connectivity index is 1.58. The quantitative estimate of drug-likeness (QED) is 0.453. The summed E-state index contributed by atoms with van der Waals surface area (Å²) in [7, 11) is 0. The molecule has 6 nitrogen and oxygen atoms in total. The molecule has 1 aromatic heterocycles. The van der Waals surface area contributed by atoms with Crippen LogP contribution in [0, 0.1) is 24.5 Å². The van der Waals surface area contributed by atoms with E-state index in [4.69, 9.17) is 11.6 Å². The van der Waals surface area contributed by atoms with Crippen LogP contribution in [-0.4, -0.2) is 33.9 Å². The van der Waals surface area contributed by atoms with Gasteiger partial charge in [0.15, 0.2) is 5.82 Å². The van der Waals surface area contributed by atoms with Gasteiger partial charge in [0, 0.05) is 35.5 Å². The van der Waals surface area contributed by atoms with Gasteiger partial charge in [0.2, 0.25) is 11.5 Å². The molecule has 2 amide bonds. The van der Waals surface area contributed by atoms with Gasteiger partial charge in [0.25, 0.3) is 11.8 Å². The van der Waals surface area contributed by atoms with Crippen LogP contribution in [0.25, 0.3) is 10.9 Å². The van der Waals surface area contributed by atoms with E-state index < -0.39 is 35.0 Å². The highest BCUT2D eigenvalue weighted by molar-refractivity contribution is 6.30. The van der Waals surface area contributed by atoms with Crippen molar-refractivity contribution in [3.8, 4) is 0 Å². The van der Waals surface area contributed by atoms with Gasteiger partial charge in [-0.1, -0.05) is 16.1 Å². The second kappa shape index (κ2) is 7.79. The van der Waals surface area contributed by atoms with Crippen molar-refractivity contribution < 1.29 is 32.3 Å². The average molecular weight is 470 g/mol. The number of benzene rings is 2.